The average Bonchev–Trinajstić information content (AvgIpc) is 2.46. The molecule has 0 atom stereocenters. The molecule has 0 aliphatic rings. The summed E-state index contributed by atoms with van der Waals surface area (Å²) in [5, 5.41) is 2.74. The van der Waals surface area contributed by atoms with Crippen molar-refractivity contribution >= 4 is 23.7 Å². The van der Waals surface area contributed by atoms with E-state index in [1.165, 1.54) is 6.92 Å². The molecule has 0 fully saturated rings. The van der Waals surface area contributed by atoms with Crippen LogP contribution in [-0.2, 0) is 4.79 Å². The Morgan fingerprint density at radius 2 is 1.75 bits per heavy atom. The minimum atomic E-state index is -0.115. The van der Waals surface area contributed by atoms with E-state index in [2.05, 4.69) is 5.32 Å². The molecule has 0 heterocycles. The number of hydrogen-bond acceptors (Lipinski definition) is 2. The number of rotatable bonds is 4. The van der Waals surface area contributed by atoms with Gasteiger partial charge in [0.1, 0.15) is 5.75 Å². The standard InChI is InChI=1S/C17H17NO2/c1-13(19)18-16-11-10-15(12-17(16)20-2)9-8-14-6-4-3-5-7-14/h3-12H,1-2H3,(H,18,19). The zero-order valence-corrected chi connectivity index (χ0v) is 11.6. The minimum absolute atomic E-state index is 0.115. The number of hydrogen-bond donors (Lipinski definition) is 1. The van der Waals surface area contributed by atoms with Gasteiger partial charge in [-0.25, -0.2) is 0 Å². The summed E-state index contributed by atoms with van der Waals surface area (Å²) in [7, 11) is 1.59. The summed E-state index contributed by atoms with van der Waals surface area (Å²) in [6.07, 6.45) is 4.04. The lowest BCUT2D eigenvalue weighted by Crippen LogP contribution is -2.07. The molecule has 2 aromatic rings. The van der Waals surface area contributed by atoms with Crippen molar-refractivity contribution in [2.45, 2.75) is 6.92 Å². The fourth-order valence-electron chi connectivity index (χ4n) is 1.86. The van der Waals surface area contributed by atoms with E-state index in [4.69, 9.17) is 4.74 Å². The summed E-state index contributed by atoms with van der Waals surface area (Å²) in [6.45, 7) is 1.47. The predicted molar refractivity (Wildman–Crippen MR) is 82.7 cm³/mol. The number of ether oxygens (including phenoxy) is 1. The molecule has 0 aliphatic carbocycles. The third-order valence-corrected chi connectivity index (χ3v) is 2.80. The number of carbonyl (C=O) groups is 1. The van der Waals surface area contributed by atoms with E-state index in [1.54, 1.807) is 7.11 Å². The van der Waals surface area contributed by atoms with Crippen molar-refractivity contribution in [3.05, 3.63) is 59.7 Å². The van der Waals surface area contributed by atoms with Gasteiger partial charge in [0.2, 0.25) is 5.91 Å². The van der Waals surface area contributed by atoms with Gasteiger partial charge in [-0.05, 0) is 23.3 Å². The second kappa shape index (κ2) is 6.57. The molecular weight excluding hydrogens is 250 g/mol. The monoisotopic (exact) mass is 267 g/mol. The van der Waals surface area contributed by atoms with Crippen molar-refractivity contribution in [3.63, 3.8) is 0 Å². The Kier molecular flexibility index (Phi) is 4.56. The molecule has 0 unspecified atom stereocenters. The van der Waals surface area contributed by atoms with Crippen LogP contribution in [0.15, 0.2) is 48.5 Å². The van der Waals surface area contributed by atoms with Gasteiger partial charge in [-0.3, -0.25) is 4.79 Å². The lowest BCUT2D eigenvalue weighted by Gasteiger charge is -2.09. The molecule has 20 heavy (non-hydrogen) atoms. The van der Waals surface area contributed by atoms with Gasteiger partial charge in [0.15, 0.2) is 0 Å². The Hall–Kier alpha value is -2.55. The molecule has 2 rings (SSSR count). The Morgan fingerprint density at radius 3 is 2.40 bits per heavy atom. The molecule has 1 amide bonds. The third-order valence-electron chi connectivity index (χ3n) is 2.80. The van der Waals surface area contributed by atoms with Crippen LogP contribution in [0.1, 0.15) is 18.1 Å². The van der Waals surface area contributed by atoms with Gasteiger partial charge in [0.05, 0.1) is 12.8 Å². The first-order valence-corrected chi connectivity index (χ1v) is 6.38. The van der Waals surface area contributed by atoms with E-state index in [0.29, 0.717) is 11.4 Å². The highest BCUT2D eigenvalue weighted by Crippen LogP contribution is 2.26. The van der Waals surface area contributed by atoms with Gasteiger partial charge in [0, 0.05) is 6.92 Å². The van der Waals surface area contributed by atoms with Crippen molar-refractivity contribution in [1.82, 2.24) is 0 Å². The van der Waals surface area contributed by atoms with E-state index in [1.807, 2.05) is 60.7 Å². The summed E-state index contributed by atoms with van der Waals surface area (Å²) in [5.41, 5.74) is 2.83. The van der Waals surface area contributed by atoms with Crippen LogP contribution in [0.25, 0.3) is 12.2 Å². The van der Waals surface area contributed by atoms with Gasteiger partial charge in [-0.1, -0.05) is 48.6 Å². The summed E-state index contributed by atoms with van der Waals surface area (Å²) in [5.74, 6) is 0.534. The topological polar surface area (TPSA) is 38.3 Å². The number of nitrogens with one attached hydrogen (secondary N) is 1. The summed E-state index contributed by atoms with van der Waals surface area (Å²) >= 11 is 0. The van der Waals surface area contributed by atoms with Crippen molar-refractivity contribution in [3.8, 4) is 5.75 Å². The minimum Gasteiger partial charge on any atom is -0.495 e. The summed E-state index contributed by atoms with van der Waals surface area (Å²) < 4.78 is 5.29. The number of methoxy groups -OCH3 is 1. The molecule has 0 bridgehead atoms. The Balaban J connectivity index is 2.21. The smallest absolute Gasteiger partial charge is 0.221 e. The fourth-order valence-corrected chi connectivity index (χ4v) is 1.86. The molecule has 102 valence electrons. The molecule has 0 aliphatic heterocycles. The van der Waals surface area contributed by atoms with Crippen LogP contribution in [0.5, 0.6) is 5.75 Å². The highest BCUT2D eigenvalue weighted by molar-refractivity contribution is 5.90. The largest absolute Gasteiger partial charge is 0.495 e. The van der Waals surface area contributed by atoms with Crippen LogP contribution in [0.4, 0.5) is 5.69 Å². The van der Waals surface area contributed by atoms with Crippen LogP contribution in [0.2, 0.25) is 0 Å². The molecule has 0 saturated heterocycles. The normalized spacial score (nSPS) is 10.5. The third kappa shape index (κ3) is 3.72. The first-order valence-electron chi connectivity index (χ1n) is 6.38. The Labute approximate surface area is 118 Å². The molecule has 3 heteroatoms. The van der Waals surface area contributed by atoms with Crippen LogP contribution >= 0.6 is 0 Å². The summed E-state index contributed by atoms with van der Waals surface area (Å²) in [6, 6.07) is 15.7. The average molecular weight is 267 g/mol. The van der Waals surface area contributed by atoms with E-state index in [9.17, 15) is 4.79 Å². The Bertz CT molecular complexity index is 618. The van der Waals surface area contributed by atoms with Crippen molar-refractivity contribution in [2.24, 2.45) is 0 Å². The lowest BCUT2D eigenvalue weighted by molar-refractivity contribution is -0.114. The summed E-state index contributed by atoms with van der Waals surface area (Å²) in [4.78, 5) is 11.1. The highest BCUT2D eigenvalue weighted by atomic mass is 16.5. The van der Waals surface area contributed by atoms with Gasteiger partial charge in [-0.15, -0.1) is 0 Å². The van der Waals surface area contributed by atoms with Crippen molar-refractivity contribution in [2.75, 3.05) is 12.4 Å². The molecule has 1 N–H and O–H groups in total. The van der Waals surface area contributed by atoms with Crippen LogP contribution in [0, 0.1) is 0 Å². The molecule has 0 aromatic heterocycles. The van der Waals surface area contributed by atoms with Crippen LogP contribution in [-0.4, -0.2) is 13.0 Å². The van der Waals surface area contributed by atoms with Gasteiger partial charge in [-0.2, -0.15) is 0 Å². The molecule has 0 spiro atoms. The maximum atomic E-state index is 11.1. The predicted octanol–water partition coefficient (Wildman–Crippen LogP) is 3.82. The first kappa shape index (κ1) is 13.9. The number of carbonyl (C=O) groups excluding carboxylic acids is 1. The fraction of sp³-hybridized carbons (Fsp3) is 0.118. The number of benzene rings is 2. The van der Waals surface area contributed by atoms with E-state index < -0.39 is 0 Å². The zero-order chi connectivity index (χ0) is 14.4. The first-order chi connectivity index (χ1) is 9.69. The van der Waals surface area contributed by atoms with Crippen molar-refractivity contribution < 1.29 is 9.53 Å². The van der Waals surface area contributed by atoms with Crippen LogP contribution in [0.3, 0.4) is 0 Å². The quantitative estimate of drug-likeness (QED) is 0.855. The second-order valence-corrected chi connectivity index (χ2v) is 4.38. The lowest BCUT2D eigenvalue weighted by atomic mass is 10.1. The molecule has 2 aromatic carbocycles. The van der Waals surface area contributed by atoms with E-state index in [0.717, 1.165) is 11.1 Å². The Morgan fingerprint density at radius 1 is 1.05 bits per heavy atom. The van der Waals surface area contributed by atoms with Crippen LogP contribution < -0.4 is 10.1 Å². The highest BCUT2D eigenvalue weighted by Gasteiger charge is 2.04. The molecule has 3 nitrogen and oxygen atoms in total. The van der Waals surface area contributed by atoms with E-state index >= 15 is 0 Å². The molecular formula is C17H17NO2. The number of anilines is 1. The van der Waals surface area contributed by atoms with Crippen molar-refractivity contribution in [1.29, 1.82) is 0 Å². The van der Waals surface area contributed by atoms with Gasteiger partial charge >= 0.3 is 0 Å². The molecule has 0 saturated carbocycles. The second-order valence-electron chi connectivity index (χ2n) is 4.38. The van der Waals surface area contributed by atoms with Gasteiger partial charge < -0.3 is 10.1 Å². The maximum absolute atomic E-state index is 11.1. The van der Waals surface area contributed by atoms with Gasteiger partial charge in [0.25, 0.3) is 0 Å². The maximum Gasteiger partial charge on any atom is 0.221 e. The van der Waals surface area contributed by atoms with E-state index in [-0.39, 0.29) is 5.91 Å². The molecule has 0 radical (unpaired) electrons. The SMILES string of the molecule is COc1cc(C=Cc2ccccc2)ccc1NC(C)=O. The number of amides is 1. The zero-order valence-electron chi connectivity index (χ0n) is 11.6.